The van der Waals surface area contributed by atoms with Gasteiger partial charge in [0.1, 0.15) is 30.2 Å². The molecule has 1 amide bonds. The van der Waals surface area contributed by atoms with Gasteiger partial charge in [0.25, 0.3) is 5.91 Å². The average molecular weight is 534 g/mol. The molecular weight excluding hydrogens is 510 g/mol. The summed E-state index contributed by atoms with van der Waals surface area (Å²) in [5.41, 5.74) is 6.43. The number of nitrogen functional groups attached to an aromatic ring is 1. The lowest BCUT2D eigenvalue weighted by molar-refractivity contribution is -0.0245. The molecule has 0 bridgehead atoms. The van der Waals surface area contributed by atoms with E-state index >= 15 is 0 Å². The molecule has 3 aromatic heterocycles. The van der Waals surface area contributed by atoms with Crippen molar-refractivity contribution < 1.29 is 34.8 Å². The van der Waals surface area contributed by atoms with E-state index in [9.17, 15) is 30.0 Å². The molecule has 1 fully saturated rings. The fraction of sp³-hybridized carbons (Fsp3) is 0.200. The van der Waals surface area contributed by atoms with Crippen molar-refractivity contribution in [3.8, 4) is 11.5 Å². The third-order valence-electron chi connectivity index (χ3n) is 6.18. The Labute approximate surface area is 220 Å². The summed E-state index contributed by atoms with van der Waals surface area (Å²) in [4.78, 5) is 41.4. The third-order valence-corrected chi connectivity index (χ3v) is 6.18. The monoisotopic (exact) mass is 533 g/mol. The molecule has 1 aromatic carbocycles. The van der Waals surface area contributed by atoms with Gasteiger partial charge in [0.2, 0.25) is 0 Å². The van der Waals surface area contributed by atoms with Crippen LogP contribution in [0.3, 0.4) is 0 Å². The number of nitrogens with one attached hydrogen (secondary N) is 1. The topological polar surface area (TPSA) is 219 Å². The first-order valence-electron chi connectivity index (χ1n) is 11.7. The fourth-order valence-electron chi connectivity index (χ4n) is 4.17. The zero-order chi connectivity index (χ0) is 27.7. The Bertz CT molecular complexity index is 1570. The van der Waals surface area contributed by atoms with Gasteiger partial charge in [-0.05, 0) is 24.3 Å². The molecule has 39 heavy (non-hydrogen) atoms. The van der Waals surface area contributed by atoms with Gasteiger partial charge in [-0.2, -0.15) is 0 Å². The predicted molar refractivity (Wildman–Crippen MR) is 135 cm³/mol. The fourth-order valence-corrected chi connectivity index (χ4v) is 4.17. The molecule has 1 unspecified atom stereocenters. The van der Waals surface area contributed by atoms with E-state index in [1.807, 2.05) is 0 Å². The smallest absolute Gasteiger partial charge is 0.255 e. The first-order chi connectivity index (χ1) is 18.8. The van der Waals surface area contributed by atoms with Gasteiger partial charge >= 0.3 is 0 Å². The molecule has 1 saturated heterocycles. The zero-order valence-electron chi connectivity index (χ0n) is 20.1. The molecule has 14 heteroatoms. The second-order valence-electron chi connectivity index (χ2n) is 8.65. The Morgan fingerprint density at radius 1 is 1.08 bits per heavy atom. The standard InChI is InChI=1S/C25H23N7O7/c26-22-17-23(30-10-29-22)32(11-31-17)25-21(37)20(36)16(39-25)2-1-5-28-24(38)14-8-13(9-15(33)19(14)35)18(34)12-3-6-27-7-4-12/h1-4,6-11,16,20-21,25,33,35-37H,5H2,(H,28,38)(H2,26,29,30)/t16-,20+,21?,25-/m1/s1. The van der Waals surface area contributed by atoms with Crippen molar-refractivity contribution >= 4 is 28.7 Å². The van der Waals surface area contributed by atoms with Crippen molar-refractivity contribution in [1.82, 2.24) is 29.8 Å². The van der Waals surface area contributed by atoms with Crippen molar-refractivity contribution in [1.29, 1.82) is 0 Å². The van der Waals surface area contributed by atoms with E-state index in [4.69, 9.17) is 10.5 Å². The molecular formula is C25H23N7O7. The number of nitrogens with zero attached hydrogens (tertiary/aromatic N) is 5. The summed E-state index contributed by atoms with van der Waals surface area (Å²) >= 11 is 0. The van der Waals surface area contributed by atoms with E-state index in [1.54, 1.807) is 0 Å². The minimum atomic E-state index is -1.32. The molecule has 200 valence electrons. The van der Waals surface area contributed by atoms with Gasteiger partial charge in [0, 0.05) is 30.1 Å². The van der Waals surface area contributed by atoms with Gasteiger partial charge in [0.15, 0.2) is 35.0 Å². The number of benzene rings is 1. The number of imidazole rings is 1. The summed E-state index contributed by atoms with van der Waals surface area (Å²) < 4.78 is 7.23. The normalized spacial score (nSPS) is 21.0. The lowest BCUT2D eigenvalue weighted by Crippen LogP contribution is -2.31. The number of ketones is 1. The number of hydrogen-bond acceptors (Lipinski definition) is 12. The van der Waals surface area contributed by atoms with Crippen LogP contribution in [0.25, 0.3) is 11.2 Å². The SMILES string of the molecule is Nc1ncnc2c1ncn2[C@@H]1O[C@H](C=CCNC(=O)c2cc(C(=O)c3ccncc3)cc(O)c2O)[C@H](O)C1O. The highest BCUT2D eigenvalue weighted by molar-refractivity contribution is 6.11. The van der Waals surface area contributed by atoms with Crippen LogP contribution in [0.1, 0.15) is 32.5 Å². The number of rotatable bonds is 7. The Hall–Kier alpha value is -4.92. The number of hydrogen-bond donors (Lipinski definition) is 6. The highest BCUT2D eigenvalue weighted by Crippen LogP contribution is 2.33. The maximum Gasteiger partial charge on any atom is 0.255 e. The van der Waals surface area contributed by atoms with Crippen molar-refractivity contribution in [3.05, 3.63) is 78.2 Å². The molecule has 14 nitrogen and oxygen atoms in total. The minimum absolute atomic E-state index is 0.00116. The van der Waals surface area contributed by atoms with E-state index < -0.39 is 47.7 Å². The number of carbonyl (C=O) groups excluding carboxylic acids is 2. The van der Waals surface area contributed by atoms with Gasteiger partial charge < -0.3 is 36.2 Å². The summed E-state index contributed by atoms with van der Waals surface area (Å²) in [7, 11) is 0. The molecule has 0 aliphatic carbocycles. The van der Waals surface area contributed by atoms with Crippen molar-refractivity contribution in [2.24, 2.45) is 0 Å². The molecule has 7 N–H and O–H groups in total. The van der Waals surface area contributed by atoms with Crippen LogP contribution in [-0.4, -0.2) is 81.5 Å². The van der Waals surface area contributed by atoms with Crippen molar-refractivity contribution in [3.63, 3.8) is 0 Å². The van der Waals surface area contributed by atoms with E-state index in [-0.39, 0.29) is 23.5 Å². The number of fused-ring (bicyclic) bond motifs is 1. The number of amides is 1. The van der Waals surface area contributed by atoms with E-state index in [2.05, 4.69) is 25.3 Å². The molecule has 4 aromatic rings. The maximum atomic E-state index is 12.7. The van der Waals surface area contributed by atoms with E-state index in [1.165, 1.54) is 60.0 Å². The van der Waals surface area contributed by atoms with Crippen molar-refractivity contribution in [2.75, 3.05) is 12.3 Å². The molecule has 1 aliphatic heterocycles. The van der Waals surface area contributed by atoms with Crippen LogP contribution in [0.2, 0.25) is 0 Å². The molecule has 4 heterocycles. The second kappa shape index (κ2) is 10.4. The average Bonchev–Trinajstić information content (AvgIpc) is 3.49. The Balaban J connectivity index is 1.25. The first-order valence-corrected chi connectivity index (χ1v) is 11.7. The van der Waals surface area contributed by atoms with Gasteiger partial charge in [-0.3, -0.25) is 19.1 Å². The quantitative estimate of drug-likeness (QED) is 0.105. The number of anilines is 1. The number of nitrogens with two attached hydrogens (primary N) is 1. The number of phenols is 2. The number of ether oxygens (including phenoxy) is 1. The summed E-state index contributed by atoms with van der Waals surface area (Å²) in [5.74, 6) is -2.38. The van der Waals surface area contributed by atoms with E-state index in [0.717, 1.165) is 6.07 Å². The lowest BCUT2D eigenvalue weighted by atomic mass is 10.0. The summed E-state index contributed by atoms with van der Waals surface area (Å²) in [6.07, 6.45) is 3.87. The second-order valence-corrected chi connectivity index (χ2v) is 8.65. The van der Waals surface area contributed by atoms with Gasteiger partial charge in [-0.1, -0.05) is 12.2 Å². The minimum Gasteiger partial charge on any atom is -0.504 e. The molecule has 4 atom stereocenters. The van der Waals surface area contributed by atoms with Crippen LogP contribution in [0.4, 0.5) is 5.82 Å². The van der Waals surface area contributed by atoms with Crippen LogP contribution < -0.4 is 11.1 Å². The van der Waals surface area contributed by atoms with Crippen LogP contribution in [0.5, 0.6) is 11.5 Å². The number of aromatic hydroxyl groups is 2. The third kappa shape index (κ3) is 4.86. The highest BCUT2D eigenvalue weighted by Gasteiger charge is 2.43. The number of aliphatic hydroxyl groups is 2. The predicted octanol–water partition coefficient (Wildman–Crippen LogP) is 0.0511. The van der Waals surface area contributed by atoms with Crippen LogP contribution >= 0.6 is 0 Å². The Kier molecular flexibility index (Phi) is 6.89. The summed E-state index contributed by atoms with van der Waals surface area (Å²) in [6, 6.07) is 5.21. The van der Waals surface area contributed by atoms with Gasteiger partial charge in [-0.25, -0.2) is 15.0 Å². The largest absolute Gasteiger partial charge is 0.504 e. The Morgan fingerprint density at radius 2 is 1.85 bits per heavy atom. The van der Waals surface area contributed by atoms with Crippen LogP contribution in [0, 0.1) is 0 Å². The number of aliphatic hydroxyl groups excluding tert-OH is 2. The van der Waals surface area contributed by atoms with Gasteiger partial charge in [-0.15, -0.1) is 0 Å². The number of pyridine rings is 1. The van der Waals surface area contributed by atoms with Crippen molar-refractivity contribution in [2.45, 2.75) is 24.5 Å². The molecule has 1 aliphatic rings. The summed E-state index contributed by atoms with van der Waals surface area (Å²) in [6.45, 7) is -0.0628. The number of aromatic nitrogens is 5. The lowest BCUT2D eigenvalue weighted by Gasteiger charge is -2.16. The number of carbonyl (C=O) groups is 2. The molecule has 0 radical (unpaired) electrons. The molecule has 0 spiro atoms. The van der Waals surface area contributed by atoms with E-state index in [0.29, 0.717) is 16.7 Å². The maximum absolute atomic E-state index is 12.7. The van der Waals surface area contributed by atoms with Gasteiger partial charge in [0.05, 0.1) is 11.9 Å². The molecule has 0 saturated carbocycles. The van der Waals surface area contributed by atoms with Crippen LogP contribution in [-0.2, 0) is 4.74 Å². The zero-order valence-corrected chi connectivity index (χ0v) is 20.1. The highest BCUT2D eigenvalue weighted by atomic mass is 16.6. The molecule has 5 rings (SSSR count). The summed E-state index contributed by atoms with van der Waals surface area (Å²) in [5, 5.41) is 43.8. The van der Waals surface area contributed by atoms with Crippen LogP contribution in [0.15, 0.2) is 61.5 Å². The first kappa shape index (κ1) is 25.7. The Morgan fingerprint density at radius 3 is 2.62 bits per heavy atom. The number of phenolic OH excluding ortho intramolecular Hbond substituents is 2.